The average Bonchev–Trinajstić information content (AvgIpc) is 3.13. The van der Waals surface area contributed by atoms with Gasteiger partial charge in [-0.2, -0.15) is 0 Å². The van der Waals surface area contributed by atoms with Gasteiger partial charge in [-0.25, -0.2) is 4.98 Å². The first-order chi connectivity index (χ1) is 14.0. The lowest BCUT2D eigenvalue weighted by molar-refractivity contribution is -0.131. The number of ether oxygens (including phenoxy) is 1. The fourth-order valence-electron chi connectivity index (χ4n) is 3.05. The number of rotatable bonds is 4. The average molecular weight is 422 g/mol. The number of aromatic amines is 1. The molecule has 2 N–H and O–H groups in total. The normalized spacial score (nSPS) is 10.3. The third-order valence-electron chi connectivity index (χ3n) is 4.51. The van der Waals surface area contributed by atoms with Gasteiger partial charge in [-0.05, 0) is 48.9 Å². The summed E-state index contributed by atoms with van der Waals surface area (Å²) in [5.74, 6) is 0.345. The number of fused-ring (bicyclic) bond motifs is 1. The summed E-state index contributed by atoms with van der Waals surface area (Å²) in [7, 11) is 0. The lowest BCUT2D eigenvalue weighted by Gasteiger charge is -2.11. The number of imidazole rings is 1. The van der Waals surface area contributed by atoms with Gasteiger partial charge in [0, 0.05) is 23.7 Å². The Morgan fingerprint density at radius 1 is 1.00 bits per heavy atom. The minimum atomic E-state index is -0.433. The van der Waals surface area contributed by atoms with E-state index in [0.29, 0.717) is 17.0 Å². The summed E-state index contributed by atoms with van der Waals surface area (Å²) in [6, 6.07) is 20.1. The van der Waals surface area contributed by atoms with Crippen LogP contribution in [-0.2, 0) is 4.79 Å². The van der Waals surface area contributed by atoms with Crippen LogP contribution in [0.3, 0.4) is 0 Å². The maximum absolute atomic E-state index is 12.7. The van der Waals surface area contributed by atoms with Gasteiger partial charge in [0.2, 0.25) is 0 Å². The molecule has 0 fully saturated rings. The number of nitrogens with one attached hydrogen (secondary N) is 2. The van der Waals surface area contributed by atoms with Crippen LogP contribution in [-0.4, -0.2) is 21.8 Å². The van der Waals surface area contributed by atoms with Gasteiger partial charge in [0.05, 0.1) is 11.0 Å². The molecule has 6 nitrogen and oxygen atoms in total. The predicted octanol–water partition coefficient (Wildman–Crippen LogP) is 5.14. The lowest BCUT2D eigenvalue weighted by atomic mass is 10.1. The van der Waals surface area contributed by atoms with Crippen LogP contribution in [0.1, 0.15) is 22.8 Å². The number of H-pyrrole nitrogens is 1. The van der Waals surface area contributed by atoms with Gasteiger partial charge in [-0.3, -0.25) is 9.59 Å². The number of para-hydroxylation sites is 2. The van der Waals surface area contributed by atoms with Crippen molar-refractivity contribution in [2.75, 3.05) is 5.32 Å². The van der Waals surface area contributed by atoms with Gasteiger partial charge >= 0.3 is 5.97 Å². The maximum atomic E-state index is 12.7. The number of aromatic nitrogens is 2. The Kier molecular flexibility index (Phi) is 6.18. The Hall–Kier alpha value is -3.64. The predicted molar refractivity (Wildman–Crippen MR) is 119 cm³/mol. The van der Waals surface area contributed by atoms with Crippen molar-refractivity contribution in [3.05, 3.63) is 77.9 Å². The molecule has 0 saturated carbocycles. The summed E-state index contributed by atoms with van der Waals surface area (Å²) in [6.45, 7) is 3.24. The van der Waals surface area contributed by atoms with Gasteiger partial charge < -0.3 is 15.0 Å². The van der Waals surface area contributed by atoms with Crippen LogP contribution in [0.2, 0.25) is 0 Å². The van der Waals surface area contributed by atoms with E-state index in [9.17, 15) is 9.59 Å². The number of hydrogen-bond donors (Lipinski definition) is 2. The quantitative estimate of drug-likeness (QED) is 0.353. The zero-order valence-electron chi connectivity index (χ0n) is 16.4. The highest BCUT2D eigenvalue weighted by Crippen LogP contribution is 2.26. The number of esters is 1. The molecule has 0 saturated heterocycles. The summed E-state index contributed by atoms with van der Waals surface area (Å²) in [4.78, 5) is 31.8. The van der Waals surface area contributed by atoms with E-state index in [1.54, 1.807) is 18.2 Å². The Morgan fingerprint density at radius 2 is 1.80 bits per heavy atom. The summed E-state index contributed by atoms with van der Waals surface area (Å²) in [5.41, 5.74) is 4.72. The molecule has 1 heterocycles. The molecule has 0 aliphatic carbocycles. The molecule has 7 heteroatoms. The van der Waals surface area contributed by atoms with Crippen LogP contribution in [0.4, 0.5) is 5.69 Å². The van der Waals surface area contributed by atoms with Crippen LogP contribution in [0.15, 0.2) is 66.7 Å². The molecule has 30 heavy (non-hydrogen) atoms. The van der Waals surface area contributed by atoms with Gasteiger partial charge in [-0.15, -0.1) is 12.4 Å². The van der Waals surface area contributed by atoms with Crippen LogP contribution < -0.4 is 10.1 Å². The molecule has 0 aliphatic heterocycles. The van der Waals surface area contributed by atoms with Gasteiger partial charge in [0.1, 0.15) is 11.6 Å². The molecule has 0 unspecified atom stereocenters. The van der Waals surface area contributed by atoms with Crippen molar-refractivity contribution < 1.29 is 14.3 Å². The van der Waals surface area contributed by atoms with Crippen molar-refractivity contribution in [3.63, 3.8) is 0 Å². The lowest BCUT2D eigenvalue weighted by Crippen LogP contribution is -2.13. The molecule has 3 aromatic carbocycles. The summed E-state index contributed by atoms with van der Waals surface area (Å²) in [5, 5.41) is 2.93. The molecule has 0 bridgehead atoms. The molecule has 4 aromatic rings. The monoisotopic (exact) mass is 421 g/mol. The largest absolute Gasteiger partial charge is 0.427 e. The number of nitrogens with zero attached hydrogens (tertiary/aromatic N) is 1. The third kappa shape index (κ3) is 4.50. The van der Waals surface area contributed by atoms with Gasteiger partial charge in [0.25, 0.3) is 5.91 Å². The number of carbonyl (C=O) groups excluding carboxylic acids is 2. The second kappa shape index (κ2) is 8.80. The first kappa shape index (κ1) is 21.1. The van der Waals surface area contributed by atoms with E-state index in [1.807, 2.05) is 49.4 Å². The topological polar surface area (TPSA) is 84.1 Å². The highest BCUT2D eigenvalue weighted by molar-refractivity contribution is 6.05. The SMILES string of the molecule is CC(=O)Oc1cccc(C(=O)Nc2cc(-c3nc4ccccc4[nH]3)ccc2C)c1.Cl. The number of hydrogen-bond acceptors (Lipinski definition) is 4. The highest BCUT2D eigenvalue weighted by Gasteiger charge is 2.12. The molecule has 152 valence electrons. The van der Waals surface area contributed by atoms with E-state index in [0.717, 1.165) is 28.0 Å². The Morgan fingerprint density at radius 3 is 2.57 bits per heavy atom. The van der Waals surface area contributed by atoms with Crippen molar-refractivity contribution in [2.45, 2.75) is 13.8 Å². The summed E-state index contributed by atoms with van der Waals surface area (Å²) >= 11 is 0. The Balaban J connectivity index is 0.00000256. The Labute approximate surface area is 179 Å². The van der Waals surface area contributed by atoms with Crippen LogP contribution in [0.5, 0.6) is 5.75 Å². The maximum Gasteiger partial charge on any atom is 0.308 e. The molecular weight excluding hydrogens is 402 g/mol. The van der Waals surface area contributed by atoms with E-state index in [1.165, 1.54) is 13.0 Å². The first-order valence-corrected chi connectivity index (χ1v) is 9.15. The number of amides is 1. The van der Waals surface area contributed by atoms with Crippen LogP contribution in [0.25, 0.3) is 22.4 Å². The number of aryl methyl sites for hydroxylation is 1. The van der Waals surface area contributed by atoms with Crippen molar-refractivity contribution in [3.8, 4) is 17.1 Å². The van der Waals surface area contributed by atoms with Crippen LogP contribution >= 0.6 is 12.4 Å². The molecule has 1 aromatic heterocycles. The molecule has 4 rings (SSSR count). The zero-order valence-corrected chi connectivity index (χ0v) is 17.2. The van der Waals surface area contributed by atoms with Gasteiger partial charge in [0.15, 0.2) is 0 Å². The van der Waals surface area contributed by atoms with Crippen molar-refractivity contribution in [1.82, 2.24) is 9.97 Å². The van der Waals surface area contributed by atoms with E-state index in [2.05, 4.69) is 15.3 Å². The minimum absolute atomic E-state index is 0. The molecule has 0 radical (unpaired) electrons. The smallest absolute Gasteiger partial charge is 0.308 e. The highest BCUT2D eigenvalue weighted by atomic mass is 35.5. The fourth-order valence-corrected chi connectivity index (χ4v) is 3.05. The third-order valence-corrected chi connectivity index (χ3v) is 4.51. The van der Waals surface area contributed by atoms with E-state index in [-0.39, 0.29) is 18.3 Å². The number of benzene rings is 3. The fraction of sp³-hybridized carbons (Fsp3) is 0.0870. The summed E-state index contributed by atoms with van der Waals surface area (Å²) in [6.07, 6.45) is 0. The van der Waals surface area contributed by atoms with Crippen LogP contribution in [0, 0.1) is 6.92 Å². The molecule has 0 spiro atoms. The Bertz CT molecular complexity index is 1200. The summed E-state index contributed by atoms with van der Waals surface area (Å²) < 4.78 is 5.05. The molecule has 0 aliphatic rings. The number of carbonyl (C=O) groups is 2. The first-order valence-electron chi connectivity index (χ1n) is 9.15. The van der Waals surface area contributed by atoms with Gasteiger partial charge in [-0.1, -0.05) is 30.3 Å². The van der Waals surface area contributed by atoms with E-state index in [4.69, 9.17) is 4.74 Å². The minimum Gasteiger partial charge on any atom is -0.427 e. The number of anilines is 1. The second-order valence-corrected chi connectivity index (χ2v) is 6.71. The number of halogens is 1. The van der Waals surface area contributed by atoms with Crippen molar-refractivity contribution in [1.29, 1.82) is 0 Å². The van der Waals surface area contributed by atoms with Crippen molar-refractivity contribution >= 4 is 41.0 Å². The van der Waals surface area contributed by atoms with E-state index >= 15 is 0 Å². The standard InChI is InChI=1S/C23H19N3O3.ClH/c1-14-10-11-16(22-24-19-8-3-4-9-20(19)25-22)13-21(14)26-23(28)17-6-5-7-18(12-17)29-15(2)27;/h3-13H,1-2H3,(H,24,25)(H,26,28);1H. The van der Waals surface area contributed by atoms with E-state index < -0.39 is 5.97 Å². The van der Waals surface area contributed by atoms with Crippen molar-refractivity contribution in [2.24, 2.45) is 0 Å². The molecular formula is C23H20ClN3O3. The second-order valence-electron chi connectivity index (χ2n) is 6.71. The molecule has 1 amide bonds. The zero-order chi connectivity index (χ0) is 20.4. The molecule has 0 atom stereocenters.